The molecule has 2 aromatic rings. The highest BCUT2D eigenvalue weighted by Gasteiger charge is 2.16. The topological polar surface area (TPSA) is 92.5 Å². The number of hydrogen-bond donors (Lipinski definition) is 2. The summed E-state index contributed by atoms with van der Waals surface area (Å²) >= 11 is 3.34. The fourth-order valence-corrected chi connectivity index (χ4v) is 2.50. The van der Waals surface area contributed by atoms with Crippen molar-refractivity contribution in [3.05, 3.63) is 62.1 Å². The highest BCUT2D eigenvalue weighted by atomic mass is 79.9. The van der Waals surface area contributed by atoms with Crippen LogP contribution in [0.5, 0.6) is 0 Å². The standard InChI is InChI=1S/C14H11BrN2O4/c1-8-4-10(15)7-11(5-8)16-12-6-9(14(18)19)2-3-13(12)17(20)21/h2-7,16H,1H3,(H,18,19). The number of nitro groups is 1. The first kappa shape index (κ1) is 15.0. The molecule has 7 heteroatoms. The Labute approximate surface area is 128 Å². The number of anilines is 2. The lowest BCUT2D eigenvalue weighted by atomic mass is 10.1. The van der Waals surface area contributed by atoms with Crippen molar-refractivity contribution in [3.63, 3.8) is 0 Å². The van der Waals surface area contributed by atoms with Gasteiger partial charge in [-0.2, -0.15) is 0 Å². The van der Waals surface area contributed by atoms with Gasteiger partial charge in [0.05, 0.1) is 10.5 Å². The Balaban J connectivity index is 2.47. The van der Waals surface area contributed by atoms with Crippen LogP contribution >= 0.6 is 15.9 Å². The maximum absolute atomic E-state index is 11.0. The van der Waals surface area contributed by atoms with Crippen LogP contribution in [0.3, 0.4) is 0 Å². The van der Waals surface area contributed by atoms with Crippen molar-refractivity contribution >= 4 is 39.0 Å². The van der Waals surface area contributed by atoms with Gasteiger partial charge in [0, 0.05) is 16.2 Å². The Morgan fingerprint density at radius 2 is 2.00 bits per heavy atom. The number of carboxylic acid groups (broad SMARTS) is 1. The zero-order chi connectivity index (χ0) is 15.6. The van der Waals surface area contributed by atoms with E-state index in [0.29, 0.717) is 5.69 Å². The second-order valence-corrected chi connectivity index (χ2v) is 5.35. The molecule has 0 saturated carbocycles. The van der Waals surface area contributed by atoms with Crippen LogP contribution in [-0.2, 0) is 0 Å². The number of carboxylic acids is 1. The van der Waals surface area contributed by atoms with E-state index in [-0.39, 0.29) is 16.9 Å². The van der Waals surface area contributed by atoms with Gasteiger partial charge < -0.3 is 10.4 Å². The monoisotopic (exact) mass is 350 g/mol. The molecule has 0 radical (unpaired) electrons. The number of nitrogens with one attached hydrogen (secondary N) is 1. The van der Waals surface area contributed by atoms with Gasteiger partial charge in [0.15, 0.2) is 0 Å². The Morgan fingerprint density at radius 3 is 2.57 bits per heavy atom. The van der Waals surface area contributed by atoms with E-state index in [1.54, 1.807) is 6.07 Å². The summed E-state index contributed by atoms with van der Waals surface area (Å²) in [5, 5.41) is 22.9. The van der Waals surface area contributed by atoms with Crippen LogP contribution in [0.15, 0.2) is 40.9 Å². The highest BCUT2D eigenvalue weighted by Crippen LogP contribution is 2.30. The number of nitrogens with zero attached hydrogens (tertiary/aromatic N) is 1. The third kappa shape index (κ3) is 3.57. The van der Waals surface area contributed by atoms with Gasteiger partial charge in [0.25, 0.3) is 5.69 Å². The molecule has 0 atom stereocenters. The molecule has 0 aliphatic carbocycles. The van der Waals surface area contributed by atoms with Crippen LogP contribution in [0.4, 0.5) is 17.1 Å². The molecule has 0 unspecified atom stereocenters. The third-order valence-corrected chi connectivity index (χ3v) is 3.22. The van der Waals surface area contributed by atoms with E-state index in [9.17, 15) is 14.9 Å². The molecule has 0 fully saturated rings. The molecule has 0 bridgehead atoms. The molecule has 0 aliphatic heterocycles. The van der Waals surface area contributed by atoms with Gasteiger partial charge in [-0.3, -0.25) is 10.1 Å². The van der Waals surface area contributed by atoms with Gasteiger partial charge >= 0.3 is 5.97 Å². The maximum Gasteiger partial charge on any atom is 0.335 e. The average Bonchev–Trinajstić information content (AvgIpc) is 2.36. The molecule has 0 heterocycles. The van der Waals surface area contributed by atoms with Crippen LogP contribution in [0, 0.1) is 17.0 Å². The van der Waals surface area contributed by atoms with Crippen molar-refractivity contribution in [1.29, 1.82) is 0 Å². The SMILES string of the molecule is Cc1cc(Br)cc(Nc2cc(C(=O)O)ccc2[N+](=O)[O-])c1. The number of carbonyl (C=O) groups is 1. The smallest absolute Gasteiger partial charge is 0.335 e. The Kier molecular flexibility index (Phi) is 4.23. The lowest BCUT2D eigenvalue weighted by Gasteiger charge is -2.09. The summed E-state index contributed by atoms with van der Waals surface area (Å²) in [5.41, 5.74) is 1.53. The normalized spacial score (nSPS) is 10.2. The summed E-state index contributed by atoms with van der Waals surface area (Å²) in [6.45, 7) is 1.89. The van der Waals surface area contributed by atoms with E-state index in [2.05, 4.69) is 21.2 Å². The molecule has 0 saturated heterocycles. The summed E-state index contributed by atoms with van der Waals surface area (Å²) in [6, 6.07) is 9.09. The van der Waals surface area contributed by atoms with Gasteiger partial charge in [-0.15, -0.1) is 0 Å². The summed E-state index contributed by atoms with van der Waals surface area (Å²) in [4.78, 5) is 21.5. The number of rotatable bonds is 4. The highest BCUT2D eigenvalue weighted by molar-refractivity contribution is 9.10. The van der Waals surface area contributed by atoms with Crippen molar-refractivity contribution < 1.29 is 14.8 Å². The van der Waals surface area contributed by atoms with Gasteiger partial charge in [-0.1, -0.05) is 15.9 Å². The molecule has 2 rings (SSSR count). The van der Waals surface area contributed by atoms with E-state index in [4.69, 9.17) is 5.11 Å². The quantitative estimate of drug-likeness (QED) is 0.639. The average molecular weight is 351 g/mol. The first-order chi connectivity index (χ1) is 9.86. The maximum atomic E-state index is 11.0. The molecular formula is C14H11BrN2O4. The van der Waals surface area contributed by atoms with E-state index >= 15 is 0 Å². The first-order valence-electron chi connectivity index (χ1n) is 5.93. The van der Waals surface area contributed by atoms with Gasteiger partial charge in [-0.05, 0) is 42.8 Å². The van der Waals surface area contributed by atoms with E-state index in [0.717, 1.165) is 10.0 Å². The second-order valence-electron chi connectivity index (χ2n) is 4.44. The van der Waals surface area contributed by atoms with E-state index in [1.165, 1.54) is 18.2 Å². The molecule has 0 aromatic heterocycles. The Hall–Kier alpha value is -2.41. The number of aryl methyl sites for hydroxylation is 1. The second kappa shape index (κ2) is 5.92. The zero-order valence-electron chi connectivity index (χ0n) is 11.0. The van der Waals surface area contributed by atoms with Crippen molar-refractivity contribution in [1.82, 2.24) is 0 Å². The summed E-state index contributed by atoms with van der Waals surface area (Å²) < 4.78 is 0.821. The van der Waals surface area contributed by atoms with Crippen LogP contribution in [-0.4, -0.2) is 16.0 Å². The molecule has 108 valence electrons. The molecule has 6 nitrogen and oxygen atoms in total. The predicted octanol–water partition coefficient (Wildman–Crippen LogP) is 4.11. The Bertz CT molecular complexity index is 711. The first-order valence-corrected chi connectivity index (χ1v) is 6.72. The number of benzene rings is 2. The third-order valence-electron chi connectivity index (χ3n) is 2.76. The van der Waals surface area contributed by atoms with Crippen LogP contribution < -0.4 is 5.32 Å². The molecule has 21 heavy (non-hydrogen) atoms. The Morgan fingerprint density at radius 1 is 1.29 bits per heavy atom. The lowest BCUT2D eigenvalue weighted by Crippen LogP contribution is -2.02. The number of hydrogen-bond acceptors (Lipinski definition) is 4. The summed E-state index contributed by atoms with van der Waals surface area (Å²) in [5.74, 6) is -1.14. The largest absolute Gasteiger partial charge is 0.478 e. The van der Waals surface area contributed by atoms with Gasteiger partial charge in [0.1, 0.15) is 5.69 Å². The molecular weight excluding hydrogens is 340 g/mol. The van der Waals surface area contributed by atoms with E-state index < -0.39 is 10.9 Å². The number of aromatic carboxylic acids is 1. The predicted molar refractivity (Wildman–Crippen MR) is 82.2 cm³/mol. The minimum Gasteiger partial charge on any atom is -0.478 e. The molecule has 0 spiro atoms. The molecule has 0 aliphatic rings. The summed E-state index contributed by atoms with van der Waals surface area (Å²) in [7, 11) is 0. The fraction of sp³-hybridized carbons (Fsp3) is 0.0714. The lowest BCUT2D eigenvalue weighted by molar-refractivity contribution is -0.383. The minimum absolute atomic E-state index is 0.0187. The van der Waals surface area contributed by atoms with Gasteiger partial charge in [-0.25, -0.2) is 4.79 Å². The molecule has 2 aromatic carbocycles. The fourth-order valence-electron chi connectivity index (χ4n) is 1.89. The zero-order valence-corrected chi connectivity index (χ0v) is 12.5. The summed E-state index contributed by atoms with van der Waals surface area (Å²) in [6.07, 6.45) is 0. The van der Waals surface area contributed by atoms with Crippen molar-refractivity contribution in [2.75, 3.05) is 5.32 Å². The molecule has 2 N–H and O–H groups in total. The van der Waals surface area contributed by atoms with Crippen LogP contribution in [0.1, 0.15) is 15.9 Å². The van der Waals surface area contributed by atoms with Crippen LogP contribution in [0.25, 0.3) is 0 Å². The van der Waals surface area contributed by atoms with Crippen molar-refractivity contribution in [2.45, 2.75) is 6.92 Å². The van der Waals surface area contributed by atoms with Gasteiger partial charge in [0.2, 0.25) is 0 Å². The molecule has 0 amide bonds. The minimum atomic E-state index is -1.14. The van der Waals surface area contributed by atoms with Crippen molar-refractivity contribution in [2.24, 2.45) is 0 Å². The van der Waals surface area contributed by atoms with Crippen molar-refractivity contribution in [3.8, 4) is 0 Å². The van der Waals surface area contributed by atoms with Crippen LogP contribution in [0.2, 0.25) is 0 Å². The number of nitro benzene ring substituents is 1. The number of halogens is 1. The van der Waals surface area contributed by atoms with E-state index in [1.807, 2.05) is 19.1 Å².